The molecule has 0 atom stereocenters. The van der Waals surface area contributed by atoms with Crippen molar-refractivity contribution in [2.75, 3.05) is 30.4 Å². The quantitative estimate of drug-likeness (QED) is 0.799. The highest BCUT2D eigenvalue weighted by Crippen LogP contribution is 2.25. The first-order valence-electron chi connectivity index (χ1n) is 5.31. The van der Waals surface area contributed by atoms with E-state index in [1.165, 1.54) is 5.69 Å². The monoisotopic (exact) mass is 203 g/mol. The molecule has 0 aromatic heterocycles. The van der Waals surface area contributed by atoms with Gasteiger partial charge in [-0.15, -0.1) is 0 Å². The summed E-state index contributed by atoms with van der Waals surface area (Å²) in [6, 6.07) is 8.35. The lowest BCUT2D eigenvalue weighted by molar-refractivity contribution is 0.956. The molecule has 1 aliphatic rings. The second kappa shape index (κ2) is 3.93. The Morgan fingerprint density at radius 2 is 2.13 bits per heavy atom. The Balaban J connectivity index is 2.28. The first kappa shape index (κ1) is 10.0. The molecule has 15 heavy (non-hydrogen) atoms. The van der Waals surface area contributed by atoms with Crippen LogP contribution < -0.4 is 9.80 Å². The zero-order valence-electron chi connectivity index (χ0n) is 9.33. The third kappa shape index (κ3) is 1.96. The number of rotatable bonds is 2. The number of hydrogen-bond acceptors (Lipinski definition) is 2. The second-order valence-corrected chi connectivity index (χ2v) is 4.12. The van der Waals surface area contributed by atoms with E-state index in [-0.39, 0.29) is 0 Å². The van der Waals surface area contributed by atoms with E-state index in [1.54, 1.807) is 0 Å². The second-order valence-electron chi connectivity index (χ2n) is 4.12. The Bertz CT molecular complexity index is 371. The van der Waals surface area contributed by atoms with Crippen LogP contribution in [0.5, 0.6) is 0 Å². The molecule has 0 saturated carbocycles. The van der Waals surface area contributed by atoms with Crippen molar-refractivity contribution in [2.45, 2.75) is 12.8 Å². The molecule has 0 radical (unpaired) electrons. The minimum atomic E-state index is 0.742. The van der Waals surface area contributed by atoms with Gasteiger partial charge in [0, 0.05) is 38.4 Å². The predicted octanol–water partition coefficient (Wildman–Crippen LogP) is 2.33. The lowest BCUT2D eigenvalue weighted by atomic mass is 10.2. The van der Waals surface area contributed by atoms with Crippen LogP contribution in [0.2, 0.25) is 0 Å². The van der Waals surface area contributed by atoms with Crippen LogP contribution in [-0.4, -0.2) is 26.5 Å². The lowest BCUT2D eigenvalue weighted by Crippen LogP contribution is -2.23. The normalized spacial score (nSPS) is 15.9. The molecule has 1 aromatic carbocycles. The van der Waals surface area contributed by atoms with Crippen LogP contribution in [0.25, 0.3) is 0 Å². The summed E-state index contributed by atoms with van der Waals surface area (Å²) in [5.74, 6) is 0.742. The molecule has 1 fully saturated rings. The van der Waals surface area contributed by atoms with Gasteiger partial charge in [0.25, 0.3) is 0 Å². The van der Waals surface area contributed by atoms with Gasteiger partial charge in [-0.05, 0) is 24.6 Å². The van der Waals surface area contributed by atoms with Crippen molar-refractivity contribution >= 4 is 17.2 Å². The van der Waals surface area contributed by atoms with Crippen LogP contribution in [0, 0.1) is 5.41 Å². The third-order valence-corrected chi connectivity index (χ3v) is 2.78. The van der Waals surface area contributed by atoms with Gasteiger partial charge in [-0.2, -0.15) is 0 Å². The number of nitrogens with zero attached hydrogens (tertiary/aromatic N) is 2. The molecule has 0 aliphatic carbocycles. The van der Waals surface area contributed by atoms with Gasteiger partial charge in [0.05, 0.1) is 0 Å². The first-order chi connectivity index (χ1) is 7.18. The van der Waals surface area contributed by atoms with Gasteiger partial charge in [-0.1, -0.05) is 6.07 Å². The molecule has 3 heteroatoms. The Labute approximate surface area is 90.8 Å². The van der Waals surface area contributed by atoms with Crippen LogP contribution in [0.15, 0.2) is 24.3 Å². The standard InChI is InChI=1S/C12H17N3/c1-14(2)10-5-3-6-11(9-10)15-8-4-7-12(15)13/h3,5-6,9,13H,4,7-8H2,1-2H3. The van der Waals surface area contributed by atoms with Crippen molar-refractivity contribution in [3.05, 3.63) is 24.3 Å². The largest absolute Gasteiger partial charge is 0.378 e. The van der Waals surface area contributed by atoms with Gasteiger partial charge in [0.15, 0.2) is 0 Å². The summed E-state index contributed by atoms with van der Waals surface area (Å²) in [6.45, 7) is 0.982. The summed E-state index contributed by atoms with van der Waals surface area (Å²) in [7, 11) is 4.07. The molecule has 1 N–H and O–H groups in total. The highest BCUT2D eigenvalue weighted by Gasteiger charge is 2.18. The van der Waals surface area contributed by atoms with E-state index in [4.69, 9.17) is 5.41 Å². The number of hydrogen-bond donors (Lipinski definition) is 1. The summed E-state index contributed by atoms with van der Waals surface area (Å²) < 4.78 is 0. The van der Waals surface area contributed by atoms with E-state index >= 15 is 0 Å². The van der Waals surface area contributed by atoms with Gasteiger partial charge in [0.2, 0.25) is 0 Å². The Morgan fingerprint density at radius 3 is 2.73 bits per heavy atom. The van der Waals surface area contributed by atoms with Crippen molar-refractivity contribution < 1.29 is 0 Å². The molecule has 0 unspecified atom stereocenters. The lowest BCUT2D eigenvalue weighted by Gasteiger charge is -2.20. The molecule has 2 rings (SSSR count). The van der Waals surface area contributed by atoms with Crippen molar-refractivity contribution in [1.82, 2.24) is 0 Å². The summed E-state index contributed by atoms with van der Waals surface area (Å²) >= 11 is 0. The molecule has 0 bridgehead atoms. The van der Waals surface area contributed by atoms with E-state index in [0.717, 1.165) is 30.9 Å². The van der Waals surface area contributed by atoms with Gasteiger partial charge in [-0.3, -0.25) is 5.41 Å². The number of amidine groups is 1. The fourth-order valence-electron chi connectivity index (χ4n) is 1.90. The first-order valence-corrected chi connectivity index (χ1v) is 5.31. The Hall–Kier alpha value is -1.51. The number of benzene rings is 1. The zero-order valence-corrected chi connectivity index (χ0v) is 9.33. The summed E-state index contributed by atoms with van der Waals surface area (Å²) in [6.07, 6.45) is 2.01. The molecule has 0 spiro atoms. The minimum absolute atomic E-state index is 0.742. The van der Waals surface area contributed by atoms with Gasteiger partial charge >= 0.3 is 0 Å². The molecule has 0 amide bonds. The van der Waals surface area contributed by atoms with Gasteiger partial charge in [0.1, 0.15) is 5.84 Å². The summed E-state index contributed by atoms with van der Waals surface area (Å²) in [5, 5.41) is 7.83. The fraction of sp³-hybridized carbons (Fsp3) is 0.417. The highest BCUT2D eigenvalue weighted by molar-refractivity contribution is 5.97. The van der Waals surface area contributed by atoms with Crippen LogP contribution in [0.1, 0.15) is 12.8 Å². The van der Waals surface area contributed by atoms with Crippen molar-refractivity contribution in [1.29, 1.82) is 5.41 Å². The highest BCUT2D eigenvalue weighted by atomic mass is 15.2. The third-order valence-electron chi connectivity index (χ3n) is 2.78. The van der Waals surface area contributed by atoms with Crippen molar-refractivity contribution in [3.8, 4) is 0 Å². The summed E-state index contributed by atoms with van der Waals surface area (Å²) in [4.78, 5) is 4.18. The molecule has 3 nitrogen and oxygen atoms in total. The summed E-state index contributed by atoms with van der Waals surface area (Å²) in [5.41, 5.74) is 2.33. The van der Waals surface area contributed by atoms with Gasteiger partial charge in [-0.25, -0.2) is 0 Å². The zero-order chi connectivity index (χ0) is 10.8. The number of anilines is 2. The topological polar surface area (TPSA) is 30.3 Å². The van der Waals surface area contributed by atoms with Crippen LogP contribution in [-0.2, 0) is 0 Å². The average molecular weight is 203 g/mol. The van der Waals surface area contributed by atoms with E-state index < -0.39 is 0 Å². The smallest absolute Gasteiger partial charge is 0.100 e. The van der Waals surface area contributed by atoms with E-state index in [2.05, 4.69) is 34.1 Å². The van der Waals surface area contributed by atoms with E-state index in [0.29, 0.717) is 0 Å². The van der Waals surface area contributed by atoms with E-state index in [9.17, 15) is 0 Å². The average Bonchev–Trinajstić information content (AvgIpc) is 2.64. The van der Waals surface area contributed by atoms with Crippen LogP contribution in [0.4, 0.5) is 11.4 Å². The van der Waals surface area contributed by atoms with Crippen molar-refractivity contribution in [2.24, 2.45) is 0 Å². The van der Waals surface area contributed by atoms with E-state index in [1.807, 2.05) is 14.1 Å². The van der Waals surface area contributed by atoms with Crippen LogP contribution in [0.3, 0.4) is 0 Å². The molecule has 1 aliphatic heterocycles. The molecular formula is C12H17N3. The minimum Gasteiger partial charge on any atom is -0.378 e. The molecule has 1 heterocycles. The predicted molar refractivity (Wildman–Crippen MR) is 65.1 cm³/mol. The molecular weight excluding hydrogens is 186 g/mol. The molecule has 1 saturated heterocycles. The van der Waals surface area contributed by atoms with Gasteiger partial charge < -0.3 is 9.80 Å². The molecule has 1 aromatic rings. The maximum Gasteiger partial charge on any atom is 0.100 e. The number of nitrogens with one attached hydrogen (secondary N) is 1. The maximum atomic E-state index is 7.83. The Kier molecular flexibility index (Phi) is 2.62. The van der Waals surface area contributed by atoms with Crippen molar-refractivity contribution in [3.63, 3.8) is 0 Å². The fourth-order valence-corrected chi connectivity index (χ4v) is 1.90. The maximum absolute atomic E-state index is 7.83. The SMILES string of the molecule is CN(C)c1cccc(N2CCCC2=N)c1. The Morgan fingerprint density at radius 1 is 1.33 bits per heavy atom. The van der Waals surface area contributed by atoms with Crippen LogP contribution >= 0.6 is 0 Å². The molecule has 80 valence electrons.